The summed E-state index contributed by atoms with van der Waals surface area (Å²) in [4.78, 5) is 2.37. The molecule has 0 radical (unpaired) electrons. The molecule has 0 saturated carbocycles. The van der Waals surface area contributed by atoms with Crippen LogP contribution in [0, 0.1) is 0 Å². The molecular formula is C24H39NO4Si. The molecule has 6 heteroatoms. The predicted molar refractivity (Wildman–Crippen MR) is 123 cm³/mol. The van der Waals surface area contributed by atoms with Gasteiger partial charge in [0.05, 0.1) is 12.6 Å². The highest BCUT2D eigenvalue weighted by Crippen LogP contribution is 2.38. The normalized spacial score (nSPS) is 28.2. The molecule has 4 atom stereocenters. The van der Waals surface area contributed by atoms with Crippen molar-refractivity contribution in [3.63, 3.8) is 0 Å². The Kier molecular flexibility index (Phi) is 6.97. The minimum absolute atomic E-state index is 0.0551. The number of nitrogens with zero attached hydrogens (tertiary/aromatic N) is 1. The predicted octanol–water partition coefficient (Wildman–Crippen LogP) is 4.33. The molecule has 1 N–H and O–H groups in total. The van der Waals surface area contributed by atoms with Crippen LogP contribution in [0.5, 0.6) is 0 Å². The van der Waals surface area contributed by atoms with Crippen LogP contribution in [0.15, 0.2) is 42.5 Å². The second-order valence-corrected chi connectivity index (χ2v) is 15.3. The van der Waals surface area contributed by atoms with Gasteiger partial charge in [-0.15, -0.1) is 0 Å². The number of rotatable bonds is 7. The van der Waals surface area contributed by atoms with E-state index in [9.17, 15) is 5.11 Å². The lowest BCUT2D eigenvalue weighted by atomic mass is 10.0. The molecule has 0 bridgehead atoms. The summed E-state index contributed by atoms with van der Waals surface area (Å²) in [6.07, 6.45) is 2.94. The standard InChI is InChI=1S/C24H39NO4Si/c1-23(2,3)30(6,7)27-17-20(26)22-21(28-24(4,5)29-22)19-14-11-15-25(19)16-18-12-9-8-10-13-18/h8-14,19-22,26H,15-17H2,1-7H3/t19-,20+,21-,22+/m0/s1. The maximum atomic E-state index is 11.1. The van der Waals surface area contributed by atoms with Gasteiger partial charge in [0.15, 0.2) is 14.1 Å². The Bertz CT molecular complexity index is 728. The largest absolute Gasteiger partial charge is 0.414 e. The summed E-state index contributed by atoms with van der Waals surface area (Å²) in [5, 5.41) is 11.2. The van der Waals surface area contributed by atoms with Gasteiger partial charge in [-0.25, -0.2) is 0 Å². The lowest BCUT2D eigenvalue weighted by molar-refractivity contribution is -0.158. The van der Waals surface area contributed by atoms with E-state index in [1.54, 1.807) is 0 Å². The van der Waals surface area contributed by atoms with Gasteiger partial charge < -0.3 is 19.0 Å². The van der Waals surface area contributed by atoms with Crippen LogP contribution < -0.4 is 0 Å². The zero-order valence-electron chi connectivity index (χ0n) is 19.6. The van der Waals surface area contributed by atoms with E-state index in [2.05, 4.69) is 75.2 Å². The van der Waals surface area contributed by atoms with E-state index in [4.69, 9.17) is 13.9 Å². The number of aliphatic hydroxyl groups is 1. The molecule has 3 rings (SSSR count). The van der Waals surface area contributed by atoms with Gasteiger partial charge in [-0.1, -0.05) is 63.3 Å². The molecule has 1 fully saturated rings. The molecule has 168 valence electrons. The first kappa shape index (κ1) is 23.6. The van der Waals surface area contributed by atoms with Gasteiger partial charge in [-0.3, -0.25) is 4.90 Å². The van der Waals surface area contributed by atoms with Crippen molar-refractivity contribution in [3.05, 3.63) is 48.0 Å². The minimum atomic E-state index is -1.95. The maximum absolute atomic E-state index is 11.1. The molecular weight excluding hydrogens is 394 g/mol. The highest BCUT2D eigenvalue weighted by molar-refractivity contribution is 6.74. The van der Waals surface area contributed by atoms with Crippen molar-refractivity contribution in [3.8, 4) is 0 Å². The highest BCUT2D eigenvalue weighted by atomic mass is 28.4. The van der Waals surface area contributed by atoms with Crippen molar-refractivity contribution in [1.29, 1.82) is 0 Å². The van der Waals surface area contributed by atoms with E-state index in [-0.39, 0.29) is 23.8 Å². The van der Waals surface area contributed by atoms with E-state index in [0.717, 1.165) is 13.1 Å². The first-order chi connectivity index (χ1) is 13.9. The summed E-state index contributed by atoms with van der Waals surface area (Å²) in [6, 6.07) is 10.5. The Labute approximate surface area is 183 Å². The van der Waals surface area contributed by atoms with Crippen LogP contribution >= 0.6 is 0 Å². The zero-order valence-corrected chi connectivity index (χ0v) is 20.6. The van der Waals surface area contributed by atoms with E-state index in [1.165, 1.54) is 5.56 Å². The fourth-order valence-electron chi connectivity index (χ4n) is 3.87. The molecule has 0 amide bonds. The van der Waals surface area contributed by atoms with Crippen LogP contribution in [0.2, 0.25) is 18.1 Å². The summed E-state index contributed by atoms with van der Waals surface area (Å²) in [6.45, 7) is 16.8. The van der Waals surface area contributed by atoms with Gasteiger partial charge in [0.1, 0.15) is 18.3 Å². The van der Waals surface area contributed by atoms with Crippen molar-refractivity contribution in [2.45, 2.75) is 89.4 Å². The molecule has 5 nitrogen and oxygen atoms in total. The molecule has 1 saturated heterocycles. The first-order valence-corrected chi connectivity index (χ1v) is 13.9. The SMILES string of the molecule is CC1(C)O[C@@H]([C@@H]2C=CCN2Cc2ccccc2)[C@@H]([C@H](O)CO[Si](C)(C)C(C)(C)C)O1. The Morgan fingerprint density at radius 3 is 2.50 bits per heavy atom. The van der Waals surface area contributed by atoms with E-state index in [0.29, 0.717) is 0 Å². The van der Waals surface area contributed by atoms with Crippen molar-refractivity contribution >= 4 is 8.32 Å². The fraction of sp³-hybridized carbons (Fsp3) is 0.667. The summed E-state index contributed by atoms with van der Waals surface area (Å²) in [5.74, 6) is -0.734. The van der Waals surface area contributed by atoms with Crippen LogP contribution in [0.3, 0.4) is 0 Å². The fourth-order valence-corrected chi connectivity index (χ4v) is 4.89. The lowest BCUT2D eigenvalue weighted by Gasteiger charge is -2.38. The van der Waals surface area contributed by atoms with Crippen LogP contribution in [-0.2, 0) is 20.4 Å². The summed E-state index contributed by atoms with van der Waals surface area (Å²) < 4.78 is 18.8. The molecule has 0 unspecified atom stereocenters. The Morgan fingerprint density at radius 1 is 1.20 bits per heavy atom. The van der Waals surface area contributed by atoms with Crippen LogP contribution in [0.25, 0.3) is 0 Å². The second kappa shape index (κ2) is 8.85. The number of hydrogen-bond donors (Lipinski definition) is 1. The smallest absolute Gasteiger partial charge is 0.192 e. The van der Waals surface area contributed by atoms with Gasteiger partial charge in [-0.2, -0.15) is 0 Å². The minimum Gasteiger partial charge on any atom is -0.414 e. The monoisotopic (exact) mass is 433 g/mol. The number of aliphatic hydroxyl groups excluding tert-OH is 1. The van der Waals surface area contributed by atoms with Crippen molar-refractivity contribution in [2.75, 3.05) is 13.2 Å². The molecule has 0 spiro atoms. The van der Waals surface area contributed by atoms with Crippen molar-refractivity contribution in [1.82, 2.24) is 4.90 Å². The quantitative estimate of drug-likeness (QED) is 0.512. The third-order valence-electron chi connectivity index (χ3n) is 6.62. The summed E-state index contributed by atoms with van der Waals surface area (Å²) in [5.41, 5.74) is 1.27. The third kappa shape index (κ3) is 5.42. The van der Waals surface area contributed by atoms with E-state index >= 15 is 0 Å². The molecule has 2 aliphatic rings. The highest BCUT2D eigenvalue weighted by Gasteiger charge is 2.50. The Hall–Kier alpha value is -1.02. The third-order valence-corrected chi connectivity index (χ3v) is 11.1. The van der Waals surface area contributed by atoms with Gasteiger partial charge in [0.2, 0.25) is 0 Å². The molecule has 1 aromatic rings. The average molecular weight is 434 g/mol. The summed E-state index contributed by atoms with van der Waals surface area (Å²) >= 11 is 0. The van der Waals surface area contributed by atoms with E-state index in [1.807, 2.05) is 19.9 Å². The maximum Gasteiger partial charge on any atom is 0.192 e. The van der Waals surface area contributed by atoms with Crippen LogP contribution in [0.4, 0.5) is 0 Å². The van der Waals surface area contributed by atoms with Gasteiger partial charge in [0.25, 0.3) is 0 Å². The molecule has 1 aromatic carbocycles. The zero-order chi connectivity index (χ0) is 22.2. The number of benzene rings is 1. The number of hydrogen-bond acceptors (Lipinski definition) is 5. The average Bonchev–Trinajstić information content (AvgIpc) is 3.23. The first-order valence-electron chi connectivity index (χ1n) is 11.0. The topological polar surface area (TPSA) is 51.2 Å². The van der Waals surface area contributed by atoms with Gasteiger partial charge >= 0.3 is 0 Å². The Balaban J connectivity index is 1.71. The summed E-state index contributed by atoms with van der Waals surface area (Å²) in [7, 11) is -1.95. The van der Waals surface area contributed by atoms with Gasteiger partial charge in [-0.05, 0) is 37.5 Å². The van der Waals surface area contributed by atoms with Gasteiger partial charge in [0, 0.05) is 13.1 Å². The van der Waals surface area contributed by atoms with Crippen LogP contribution in [0.1, 0.15) is 40.2 Å². The molecule has 30 heavy (non-hydrogen) atoms. The van der Waals surface area contributed by atoms with Crippen molar-refractivity contribution < 1.29 is 19.0 Å². The molecule has 2 heterocycles. The van der Waals surface area contributed by atoms with Crippen LogP contribution in [-0.4, -0.2) is 61.6 Å². The lowest BCUT2D eigenvalue weighted by Crippen LogP contribution is -2.50. The molecule has 0 aliphatic carbocycles. The molecule has 0 aromatic heterocycles. The number of ether oxygens (including phenoxy) is 2. The molecule has 2 aliphatic heterocycles. The van der Waals surface area contributed by atoms with Crippen molar-refractivity contribution in [2.24, 2.45) is 0 Å². The van der Waals surface area contributed by atoms with E-state index < -0.39 is 26.3 Å². The Morgan fingerprint density at radius 2 is 1.87 bits per heavy atom. The second-order valence-electron chi connectivity index (χ2n) is 10.5.